The fraction of sp³-hybridized carbons (Fsp3) is 0.412. The van der Waals surface area contributed by atoms with E-state index in [1.165, 1.54) is 0 Å². The smallest absolute Gasteiger partial charge is 0.273 e. The number of phenols is 1. The molecule has 1 aromatic carbocycles. The van der Waals surface area contributed by atoms with Crippen molar-refractivity contribution in [1.82, 2.24) is 15.1 Å². The van der Waals surface area contributed by atoms with Crippen molar-refractivity contribution in [3.05, 3.63) is 40.5 Å². The molecule has 1 fully saturated rings. The number of phenolic OH excluding ortho intramolecular Hbond substituents is 1. The summed E-state index contributed by atoms with van der Waals surface area (Å²) >= 11 is 6.07. The van der Waals surface area contributed by atoms with Crippen molar-refractivity contribution in [3.63, 3.8) is 0 Å². The third-order valence-electron chi connectivity index (χ3n) is 4.51. The van der Waals surface area contributed by atoms with Gasteiger partial charge in [-0.15, -0.1) is 0 Å². The molecule has 1 saturated heterocycles. The highest BCUT2D eigenvalue weighted by molar-refractivity contribution is 6.35. The second-order valence-corrected chi connectivity index (χ2v) is 6.53. The van der Waals surface area contributed by atoms with Crippen molar-refractivity contribution in [1.29, 1.82) is 0 Å². The number of H-pyrrole nitrogens is 1. The largest absolute Gasteiger partial charge is 0.508 e. The van der Waals surface area contributed by atoms with Crippen LogP contribution in [0.5, 0.6) is 5.75 Å². The molecule has 0 aliphatic carbocycles. The van der Waals surface area contributed by atoms with Gasteiger partial charge in [-0.1, -0.05) is 23.7 Å². The normalized spacial score (nSPS) is 17.9. The van der Waals surface area contributed by atoms with Gasteiger partial charge < -0.3 is 15.7 Å². The second kappa shape index (κ2) is 7.13. The number of anilines is 1. The average Bonchev–Trinajstić information content (AvgIpc) is 2.92. The number of aromatic amines is 1. The number of nitrogens with zero attached hydrogens (tertiary/aromatic N) is 2. The van der Waals surface area contributed by atoms with Gasteiger partial charge >= 0.3 is 0 Å². The number of amides is 1. The molecule has 1 aromatic heterocycles. The quantitative estimate of drug-likeness (QED) is 0.791. The maximum atomic E-state index is 12.8. The lowest BCUT2D eigenvalue weighted by atomic mass is 9.95. The van der Waals surface area contributed by atoms with E-state index in [1.807, 2.05) is 17.0 Å². The van der Waals surface area contributed by atoms with Gasteiger partial charge in [-0.2, -0.15) is 5.10 Å². The zero-order chi connectivity index (χ0) is 17.1. The number of carbonyl (C=O) groups excluding carboxylic acids is 1. The highest BCUT2D eigenvalue weighted by Crippen LogP contribution is 2.27. The van der Waals surface area contributed by atoms with Gasteiger partial charge in [-0.25, -0.2) is 0 Å². The van der Waals surface area contributed by atoms with Gasteiger partial charge in [0.15, 0.2) is 5.82 Å². The van der Waals surface area contributed by atoms with Gasteiger partial charge in [0.1, 0.15) is 16.5 Å². The molecule has 0 radical (unpaired) electrons. The van der Waals surface area contributed by atoms with E-state index in [-0.39, 0.29) is 34.2 Å². The molecule has 1 aliphatic rings. The van der Waals surface area contributed by atoms with E-state index >= 15 is 0 Å². The first-order valence-corrected chi connectivity index (χ1v) is 8.52. The number of aryl methyl sites for hydroxylation is 1. The molecule has 2 aromatic rings. The second-order valence-electron chi connectivity index (χ2n) is 6.15. The fourth-order valence-corrected chi connectivity index (χ4v) is 3.41. The molecule has 2 heterocycles. The third kappa shape index (κ3) is 3.48. The summed E-state index contributed by atoms with van der Waals surface area (Å²) in [6.07, 6.45) is 4.70. The van der Waals surface area contributed by atoms with E-state index in [9.17, 15) is 9.90 Å². The maximum absolute atomic E-state index is 12.8. The molecule has 7 heteroatoms. The van der Waals surface area contributed by atoms with Crippen LogP contribution in [0.2, 0.25) is 5.02 Å². The van der Waals surface area contributed by atoms with Crippen LogP contribution in [0.25, 0.3) is 0 Å². The number of piperidine rings is 1. The van der Waals surface area contributed by atoms with Crippen LogP contribution in [0.1, 0.15) is 41.7 Å². The standard InChI is InChI=1S/C17H21ClN4O2/c18-14-15(20-21-16(14)19)17(24)22-9-2-1-5-12(22)8-7-11-4-3-6-13(23)10-11/h3-4,6,10,12,23H,1-2,5,7-9H2,(H3,19,20,21)/t12-/m1/s1. The van der Waals surface area contributed by atoms with Crippen molar-refractivity contribution < 1.29 is 9.90 Å². The van der Waals surface area contributed by atoms with Crippen LogP contribution < -0.4 is 5.73 Å². The van der Waals surface area contributed by atoms with Gasteiger partial charge in [0.2, 0.25) is 0 Å². The zero-order valence-electron chi connectivity index (χ0n) is 13.3. The Morgan fingerprint density at radius 2 is 2.29 bits per heavy atom. The lowest BCUT2D eigenvalue weighted by molar-refractivity contribution is 0.0596. The minimum Gasteiger partial charge on any atom is -0.508 e. The number of hydrogen-bond donors (Lipinski definition) is 3. The Bertz CT molecular complexity index is 731. The van der Waals surface area contributed by atoms with Crippen molar-refractivity contribution in [2.75, 3.05) is 12.3 Å². The zero-order valence-corrected chi connectivity index (χ0v) is 14.1. The van der Waals surface area contributed by atoms with Gasteiger partial charge in [-0.05, 0) is 49.8 Å². The first-order valence-electron chi connectivity index (χ1n) is 8.14. The highest BCUT2D eigenvalue weighted by Gasteiger charge is 2.30. The molecular formula is C17H21ClN4O2. The number of aromatic hydroxyl groups is 1. The van der Waals surface area contributed by atoms with Crippen molar-refractivity contribution in [2.45, 2.75) is 38.1 Å². The van der Waals surface area contributed by atoms with E-state index in [2.05, 4.69) is 10.2 Å². The molecule has 1 amide bonds. The summed E-state index contributed by atoms with van der Waals surface area (Å²) in [5.74, 6) is 0.266. The van der Waals surface area contributed by atoms with Crippen LogP contribution in [0.15, 0.2) is 24.3 Å². The highest BCUT2D eigenvalue weighted by atomic mass is 35.5. The monoisotopic (exact) mass is 348 g/mol. The first kappa shape index (κ1) is 16.6. The number of rotatable bonds is 4. The van der Waals surface area contributed by atoms with E-state index in [4.69, 9.17) is 17.3 Å². The predicted molar refractivity (Wildman–Crippen MR) is 93.1 cm³/mol. The molecule has 6 nitrogen and oxygen atoms in total. The Balaban J connectivity index is 1.71. The number of hydrogen-bond acceptors (Lipinski definition) is 4. The Labute approximate surface area is 145 Å². The lowest BCUT2D eigenvalue weighted by Gasteiger charge is -2.35. The summed E-state index contributed by atoms with van der Waals surface area (Å²) in [4.78, 5) is 14.7. The number of likely N-dealkylation sites (tertiary alicyclic amines) is 1. The molecule has 24 heavy (non-hydrogen) atoms. The SMILES string of the molecule is Nc1n[nH]c(C(=O)N2CCCC[C@@H]2CCc2cccc(O)c2)c1Cl. The minimum absolute atomic E-state index is 0.147. The van der Waals surface area contributed by atoms with Crippen LogP contribution >= 0.6 is 11.6 Å². The topological polar surface area (TPSA) is 95.2 Å². The van der Waals surface area contributed by atoms with Crippen LogP contribution in [-0.2, 0) is 6.42 Å². The van der Waals surface area contributed by atoms with Crippen LogP contribution in [0.3, 0.4) is 0 Å². The number of nitrogen functional groups attached to an aromatic ring is 1. The minimum atomic E-state index is -0.148. The number of halogens is 1. The van der Waals surface area contributed by atoms with Gasteiger partial charge in [0.05, 0.1) is 0 Å². The lowest BCUT2D eigenvalue weighted by Crippen LogP contribution is -2.44. The van der Waals surface area contributed by atoms with Gasteiger partial charge in [0, 0.05) is 12.6 Å². The van der Waals surface area contributed by atoms with Crippen molar-refractivity contribution >= 4 is 23.3 Å². The predicted octanol–water partition coefficient (Wildman–Crippen LogP) is 2.98. The molecule has 1 aliphatic heterocycles. The molecule has 4 N–H and O–H groups in total. The van der Waals surface area contributed by atoms with E-state index in [0.29, 0.717) is 6.54 Å². The average molecular weight is 349 g/mol. The summed E-state index contributed by atoms with van der Waals surface area (Å²) in [6, 6.07) is 7.39. The number of aromatic nitrogens is 2. The molecular weight excluding hydrogens is 328 g/mol. The fourth-order valence-electron chi connectivity index (χ4n) is 3.24. The Morgan fingerprint density at radius 3 is 3.00 bits per heavy atom. The number of nitrogens with two attached hydrogens (primary N) is 1. The Kier molecular flexibility index (Phi) is 4.94. The molecule has 3 rings (SSSR count). The molecule has 0 unspecified atom stereocenters. The summed E-state index contributed by atoms with van der Waals surface area (Å²) in [7, 11) is 0. The molecule has 0 saturated carbocycles. The summed E-state index contributed by atoms with van der Waals surface area (Å²) in [6.45, 7) is 0.707. The molecule has 0 spiro atoms. The van der Waals surface area contributed by atoms with Crippen LogP contribution in [0.4, 0.5) is 5.82 Å². The van der Waals surface area contributed by atoms with Crippen molar-refractivity contribution in [3.8, 4) is 5.75 Å². The van der Waals surface area contributed by atoms with Crippen LogP contribution in [-0.4, -0.2) is 38.7 Å². The summed E-state index contributed by atoms with van der Waals surface area (Å²) in [5, 5.41) is 16.2. The number of benzene rings is 1. The van der Waals surface area contributed by atoms with Gasteiger partial charge in [0.25, 0.3) is 5.91 Å². The van der Waals surface area contributed by atoms with E-state index in [0.717, 1.165) is 37.7 Å². The number of nitrogens with one attached hydrogen (secondary N) is 1. The van der Waals surface area contributed by atoms with Gasteiger partial charge in [-0.3, -0.25) is 9.89 Å². The van der Waals surface area contributed by atoms with E-state index < -0.39 is 0 Å². The molecule has 0 bridgehead atoms. The maximum Gasteiger partial charge on any atom is 0.273 e. The molecule has 1 atom stereocenters. The summed E-state index contributed by atoms with van der Waals surface area (Å²) < 4.78 is 0. The Hall–Kier alpha value is -2.21. The summed E-state index contributed by atoms with van der Waals surface area (Å²) in [5.41, 5.74) is 6.95. The van der Waals surface area contributed by atoms with Crippen LogP contribution in [0, 0.1) is 0 Å². The third-order valence-corrected chi connectivity index (χ3v) is 4.89. The van der Waals surface area contributed by atoms with Crippen molar-refractivity contribution in [2.24, 2.45) is 0 Å². The molecule has 128 valence electrons. The first-order chi connectivity index (χ1) is 11.6. The Morgan fingerprint density at radius 1 is 1.46 bits per heavy atom. The number of carbonyl (C=O) groups is 1. The van der Waals surface area contributed by atoms with E-state index in [1.54, 1.807) is 12.1 Å².